The Kier molecular flexibility index (Phi) is 3.04. The number of hydrogen-bond donors (Lipinski definition) is 1. The Hall–Kier alpha value is -0.940. The minimum absolute atomic E-state index is 0.275. The highest BCUT2D eigenvalue weighted by Crippen LogP contribution is 2.38. The maximum absolute atomic E-state index is 5.49. The predicted octanol–water partition coefficient (Wildman–Crippen LogP) is 2.17. The van der Waals surface area contributed by atoms with Crippen molar-refractivity contribution in [2.75, 3.05) is 13.2 Å². The molecular weight excluding hydrogens is 242 g/mol. The van der Waals surface area contributed by atoms with Gasteiger partial charge in [-0.1, -0.05) is 18.0 Å². The fourth-order valence-corrected chi connectivity index (χ4v) is 3.80. The van der Waals surface area contributed by atoms with Crippen molar-refractivity contribution < 1.29 is 9.26 Å². The summed E-state index contributed by atoms with van der Waals surface area (Å²) in [7, 11) is 0. The van der Waals surface area contributed by atoms with Crippen molar-refractivity contribution in [2.24, 2.45) is 5.92 Å². The van der Waals surface area contributed by atoms with Crippen LogP contribution in [0.25, 0.3) is 0 Å². The van der Waals surface area contributed by atoms with Crippen LogP contribution < -0.4 is 5.32 Å². The molecule has 0 bridgehead atoms. The molecule has 1 aliphatic carbocycles. The van der Waals surface area contributed by atoms with E-state index in [-0.39, 0.29) is 6.04 Å². The normalized spacial score (nSPS) is 38.5. The predicted molar refractivity (Wildman–Crippen MR) is 68.7 cm³/mol. The quantitative estimate of drug-likeness (QED) is 0.886. The van der Waals surface area contributed by atoms with Gasteiger partial charge < -0.3 is 14.6 Å². The van der Waals surface area contributed by atoms with Gasteiger partial charge in [0.1, 0.15) is 0 Å². The topological polar surface area (TPSA) is 60.2 Å². The summed E-state index contributed by atoms with van der Waals surface area (Å²) in [5, 5.41) is 7.84. The van der Waals surface area contributed by atoms with Crippen LogP contribution in [0.3, 0.4) is 0 Å². The lowest BCUT2D eigenvalue weighted by molar-refractivity contribution is 0.192. The van der Waals surface area contributed by atoms with E-state index < -0.39 is 0 Å². The Morgan fingerprint density at radius 3 is 2.95 bits per heavy atom. The Labute approximate surface area is 113 Å². The molecule has 0 spiro atoms. The number of ether oxygens (including phenoxy) is 1. The van der Waals surface area contributed by atoms with Gasteiger partial charge in [0, 0.05) is 18.6 Å². The van der Waals surface area contributed by atoms with E-state index in [1.807, 2.05) is 0 Å². The molecule has 5 nitrogen and oxygen atoms in total. The largest absolute Gasteiger partial charge is 0.381 e. The van der Waals surface area contributed by atoms with Crippen LogP contribution in [0.2, 0.25) is 0 Å². The van der Waals surface area contributed by atoms with E-state index in [4.69, 9.17) is 9.26 Å². The fourth-order valence-electron chi connectivity index (χ4n) is 3.80. The highest BCUT2D eigenvalue weighted by molar-refractivity contribution is 5.04. The number of rotatable bonds is 2. The third-order valence-electron chi connectivity index (χ3n) is 4.91. The second kappa shape index (κ2) is 4.87. The Balaban J connectivity index is 1.47. The molecule has 1 saturated carbocycles. The number of nitrogens with one attached hydrogen (secondary N) is 1. The van der Waals surface area contributed by atoms with Crippen molar-refractivity contribution in [3.63, 3.8) is 0 Å². The summed E-state index contributed by atoms with van der Waals surface area (Å²) >= 11 is 0. The summed E-state index contributed by atoms with van der Waals surface area (Å²) in [6.45, 7) is 1.56. The van der Waals surface area contributed by atoms with Crippen LogP contribution in [0.4, 0.5) is 0 Å². The first kappa shape index (κ1) is 11.9. The molecular formula is C14H21N3O2. The van der Waals surface area contributed by atoms with Crippen molar-refractivity contribution in [1.29, 1.82) is 0 Å². The van der Waals surface area contributed by atoms with Crippen LogP contribution in [0.15, 0.2) is 4.52 Å². The van der Waals surface area contributed by atoms with E-state index in [2.05, 4.69) is 15.5 Å². The Bertz CT molecular complexity index is 428. The van der Waals surface area contributed by atoms with E-state index >= 15 is 0 Å². The lowest BCUT2D eigenvalue weighted by Crippen LogP contribution is -2.30. The van der Waals surface area contributed by atoms with E-state index in [1.165, 1.54) is 25.7 Å². The van der Waals surface area contributed by atoms with Crippen LogP contribution in [0.5, 0.6) is 0 Å². The van der Waals surface area contributed by atoms with Gasteiger partial charge in [-0.25, -0.2) is 0 Å². The highest BCUT2D eigenvalue weighted by Gasteiger charge is 2.38. The van der Waals surface area contributed by atoms with Gasteiger partial charge in [0.2, 0.25) is 5.89 Å². The summed E-state index contributed by atoms with van der Waals surface area (Å²) in [4.78, 5) is 4.61. The van der Waals surface area contributed by atoms with Gasteiger partial charge in [-0.2, -0.15) is 4.98 Å². The summed E-state index contributed by atoms with van der Waals surface area (Å²) in [5.74, 6) is 2.77. The highest BCUT2D eigenvalue weighted by atomic mass is 16.5. The first-order chi connectivity index (χ1) is 9.40. The molecule has 3 fully saturated rings. The average molecular weight is 263 g/mol. The molecule has 19 heavy (non-hydrogen) atoms. The molecule has 2 aliphatic heterocycles. The van der Waals surface area contributed by atoms with Crippen molar-refractivity contribution in [2.45, 2.75) is 56.5 Å². The zero-order valence-corrected chi connectivity index (χ0v) is 11.2. The van der Waals surface area contributed by atoms with Crippen molar-refractivity contribution in [1.82, 2.24) is 15.5 Å². The lowest BCUT2D eigenvalue weighted by atomic mass is 9.85. The third kappa shape index (κ3) is 2.19. The molecule has 0 amide bonds. The molecule has 1 aromatic rings. The van der Waals surface area contributed by atoms with Gasteiger partial charge in [-0.3, -0.25) is 0 Å². The molecule has 3 aliphatic rings. The monoisotopic (exact) mass is 263 g/mol. The Morgan fingerprint density at radius 1 is 1.16 bits per heavy atom. The minimum atomic E-state index is 0.275. The molecule has 1 N–H and O–H groups in total. The SMILES string of the molecule is C1CCC2NC(c3nc(C4CCOC4)no3)CC2C1. The zero-order valence-electron chi connectivity index (χ0n) is 11.2. The van der Waals surface area contributed by atoms with E-state index in [0.717, 1.165) is 43.7 Å². The molecule has 104 valence electrons. The molecule has 3 heterocycles. The minimum Gasteiger partial charge on any atom is -0.381 e. The molecule has 4 atom stereocenters. The van der Waals surface area contributed by atoms with Crippen LogP contribution in [-0.4, -0.2) is 29.4 Å². The van der Waals surface area contributed by atoms with Crippen LogP contribution in [-0.2, 0) is 4.74 Å². The van der Waals surface area contributed by atoms with Gasteiger partial charge in [-0.15, -0.1) is 0 Å². The van der Waals surface area contributed by atoms with Gasteiger partial charge in [-0.05, 0) is 31.6 Å². The van der Waals surface area contributed by atoms with Crippen LogP contribution in [0.1, 0.15) is 62.2 Å². The lowest BCUT2D eigenvalue weighted by Gasteiger charge is -2.24. The van der Waals surface area contributed by atoms with Gasteiger partial charge in [0.25, 0.3) is 0 Å². The van der Waals surface area contributed by atoms with Crippen LogP contribution in [0, 0.1) is 5.92 Å². The maximum Gasteiger partial charge on any atom is 0.243 e. The van der Waals surface area contributed by atoms with Crippen molar-refractivity contribution in [3.8, 4) is 0 Å². The second-order valence-electron chi connectivity index (χ2n) is 6.16. The van der Waals surface area contributed by atoms with Gasteiger partial charge in [0.15, 0.2) is 5.82 Å². The molecule has 1 aromatic heterocycles. The average Bonchev–Trinajstić information content (AvgIpc) is 3.17. The smallest absolute Gasteiger partial charge is 0.243 e. The van der Waals surface area contributed by atoms with E-state index in [0.29, 0.717) is 12.0 Å². The Morgan fingerprint density at radius 2 is 2.11 bits per heavy atom. The molecule has 2 saturated heterocycles. The summed E-state index contributed by atoms with van der Waals surface area (Å²) < 4.78 is 10.9. The number of hydrogen-bond acceptors (Lipinski definition) is 5. The summed E-state index contributed by atoms with van der Waals surface area (Å²) in [5.41, 5.74) is 0. The first-order valence-electron chi connectivity index (χ1n) is 7.57. The van der Waals surface area contributed by atoms with Crippen molar-refractivity contribution in [3.05, 3.63) is 11.7 Å². The first-order valence-corrected chi connectivity index (χ1v) is 7.57. The van der Waals surface area contributed by atoms with E-state index in [9.17, 15) is 0 Å². The van der Waals surface area contributed by atoms with Gasteiger partial charge >= 0.3 is 0 Å². The molecule has 0 radical (unpaired) electrons. The maximum atomic E-state index is 5.49. The number of nitrogens with zero attached hydrogens (tertiary/aromatic N) is 2. The summed E-state index contributed by atoms with van der Waals surface area (Å²) in [6, 6.07) is 0.945. The zero-order chi connectivity index (χ0) is 12.7. The fraction of sp³-hybridized carbons (Fsp3) is 0.857. The number of aromatic nitrogens is 2. The molecule has 5 heteroatoms. The molecule has 4 rings (SSSR count). The standard InChI is InChI=1S/C14H21N3O2/c1-2-4-11-9(3-1)7-12(15-11)14-16-13(17-19-14)10-5-6-18-8-10/h9-12,15H,1-8H2. The molecule has 0 aromatic carbocycles. The number of fused-ring (bicyclic) bond motifs is 1. The molecule has 4 unspecified atom stereocenters. The third-order valence-corrected chi connectivity index (χ3v) is 4.91. The van der Waals surface area contributed by atoms with Gasteiger partial charge in [0.05, 0.1) is 12.6 Å². The van der Waals surface area contributed by atoms with E-state index in [1.54, 1.807) is 0 Å². The van der Waals surface area contributed by atoms with Crippen molar-refractivity contribution >= 4 is 0 Å². The summed E-state index contributed by atoms with van der Waals surface area (Å²) in [6.07, 6.45) is 7.57. The van der Waals surface area contributed by atoms with Crippen LogP contribution >= 0.6 is 0 Å². The second-order valence-corrected chi connectivity index (χ2v) is 6.16.